The second-order valence-electron chi connectivity index (χ2n) is 25.2. The number of nitrogens with one attached hydrogen (secondary N) is 2. The highest BCUT2D eigenvalue weighted by atomic mass is 16.7. The standard InChI is InChI=1S/C67H82N8O9/c1-39-59(79-3)27-25-53(70-39)43-13-17-45(18-14-43)61(55-33-51(29-31-68-55)57-37-81-65(72-57)49-21-22-49)74-63(76)47-9-5-41(6-10-47)35-83-67(78)84-36-42-7-11-48(12-8-42)64(77)75-62(46-19-15-44(16-20-46)54-26-28-60(80-4)40(2)71-54)56-34-52(30-32-69-56)58-38-82-66(73-58)50-23-24-50/h25-34,37-38,41-50,61-62H,5-24,35-36H2,1-4H3,(H,74,76)(H,75,77). The van der Waals surface area contributed by atoms with E-state index in [1.54, 1.807) is 26.7 Å². The molecule has 0 spiro atoms. The van der Waals surface area contributed by atoms with Gasteiger partial charge in [-0.15, -0.1) is 0 Å². The average molecular weight is 1140 g/mol. The Bertz CT molecular complexity index is 3020. The Labute approximate surface area is 493 Å². The lowest BCUT2D eigenvalue weighted by atomic mass is 9.75. The van der Waals surface area contributed by atoms with E-state index < -0.39 is 6.16 Å². The Kier molecular flexibility index (Phi) is 17.7. The van der Waals surface area contributed by atoms with Gasteiger partial charge in [-0.2, -0.15) is 0 Å². The second-order valence-corrected chi connectivity index (χ2v) is 25.2. The number of nitrogens with zero attached hydrogens (tertiary/aromatic N) is 6. The number of oxazole rings is 2. The zero-order chi connectivity index (χ0) is 57.7. The minimum atomic E-state index is -0.658. The minimum absolute atomic E-state index is 0.0504. The van der Waals surface area contributed by atoms with Gasteiger partial charge in [0.25, 0.3) is 0 Å². The number of aromatic nitrogens is 6. The Morgan fingerprint density at radius 1 is 0.500 bits per heavy atom. The van der Waals surface area contributed by atoms with Crippen molar-refractivity contribution in [2.45, 2.75) is 178 Å². The monoisotopic (exact) mass is 1140 g/mol. The molecule has 6 aromatic heterocycles. The molecule has 0 aliphatic heterocycles. The summed E-state index contributed by atoms with van der Waals surface area (Å²) >= 11 is 0. The summed E-state index contributed by atoms with van der Waals surface area (Å²) in [6.07, 6.45) is 24.4. The first kappa shape index (κ1) is 57.3. The van der Waals surface area contributed by atoms with Crippen LogP contribution in [-0.2, 0) is 19.1 Å². The normalized spacial score (nSPS) is 25.2. The summed E-state index contributed by atoms with van der Waals surface area (Å²) in [7, 11) is 3.35. The molecule has 444 valence electrons. The van der Waals surface area contributed by atoms with Crippen LogP contribution < -0.4 is 20.1 Å². The van der Waals surface area contributed by atoms with Crippen LogP contribution in [0.3, 0.4) is 0 Å². The molecule has 2 N–H and O–H groups in total. The highest BCUT2D eigenvalue weighted by Crippen LogP contribution is 2.46. The van der Waals surface area contributed by atoms with E-state index in [4.69, 9.17) is 57.7 Å². The molecule has 0 aromatic carbocycles. The first-order valence-corrected chi connectivity index (χ1v) is 31.3. The summed E-state index contributed by atoms with van der Waals surface area (Å²) in [6, 6.07) is 15.8. The zero-order valence-corrected chi connectivity index (χ0v) is 49.3. The van der Waals surface area contributed by atoms with Gasteiger partial charge in [0.05, 0.1) is 62.3 Å². The highest BCUT2D eigenvalue weighted by molar-refractivity contribution is 5.80. The van der Waals surface area contributed by atoms with Crippen molar-refractivity contribution in [1.29, 1.82) is 0 Å². The van der Waals surface area contributed by atoms with Crippen molar-refractivity contribution >= 4 is 18.0 Å². The molecule has 12 rings (SSSR count). The van der Waals surface area contributed by atoms with E-state index in [1.807, 2.05) is 50.5 Å². The van der Waals surface area contributed by atoms with Gasteiger partial charge in [0, 0.05) is 70.4 Å². The maximum Gasteiger partial charge on any atom is 0.508 e. The highest BCUT2D eigenvalue weighted by Gasteiger charge is 2.38. The quantitative estimate of drug-likeness (QED) is 0.0680. The van der Waals surface area contributed by atoms with Crippen molar-refractivity contribution in [3.63, 3.8) is 0 Å². The third kappa shape index (κ3) is 13.7. The fourth-order valence-electron chi connectivity index (χ4n) is 14.0. The number of hydrogen-bond donors (Lipinski definition) is 2. The SMILES string of the molecule is COc1ccc(C2CCC(C(NC(=O)C3CCC(COC(=O)OCC4CCC(C(=O)NC(c5cc(-c6coc(C7CC7)n6)ccn5)C5CCC(c6ccc(OC)c(C)n6)CC5)CC4)CC3)c3cc(-c4coc(C5CC5)n4)ccn3)CC2)nc1C. The molecule has 6 aliphatic rings. The third-order valence-corrected chi connectivity index (χ3v) is 19.5. The van der Waals surface area contributed by atoms with E-state index in [1.165, 1.54) is 0 Å². The van der Waals surface area contributed by atoms with Crippen molar-refractivity contribution in [2.75, 3.05) is 27.4 Å². The Morgan fingerprint density at radius 3 is 1.26 bits per heavy atom. The topological polar surface area (TPSA) is 216 Å². The summed E-state index contributed by atoms with van der Waals surface area (Å²) in [5.41, 5.74) is 9.11. The third-order valence-electron chi connectivity index (χ3n) is 19.5. The lowest BCUT2D eigenvalue weighted by molar-refractivity contribution is -0.128. The molecule has 17 heteroatoms. The van der Waals surface area contributed by atoms with Crippen LogP contribution in [0.2, 0.25) is 0 Å². The van der Waals surface area contributed by atoms with Crippen molar-refractivity contribution in [3.05, 3.63) is 119 Å². The Morgan fingerprint density at radius 2 is 0.893 bits per heavy atom. The number of amides is 2. The molecule has 6 aliphatic carbocycles. The lowest BCUT2D eigenvalue weighted by Gasteiger charge is -2.35. The maximum atomic E-state index is 14.3. The van der Waals surface area contributed by atoms with Crippen molar-refractivity contribution < 1.29 is 42.2 Å². The van der Waals surface area contributed by atoms with Crippen LogP contribution in [0.1, 0.15) is 210 Å². The van der Waals surface area contributed by atoms with Crippen LogP contribution >= 0.6 is 0 Å². The van der Waals surface area contributed by atoms with Gasteiger partial charge in [-0.1, -0.05) is 0 Å². The molecule has 0 radical (unpaired) electrons. The van der Waals surface area contributed by atoms with Gasteiger partial charge in [-0.25, -0.2) is 14.8 Å². The molecule has 6 saturated carbocycles. The van der Waals surface area contributed by atoms with Gasteiger partial charge >= 0.3 is 6.16 Å². The molecule has 0 saturated heterocycles. The molecule has 2 unspecified atom stereocenters. The van der Waals surface area contributed by atoms with E-state index in [-0.39, 0.29) is 72.6 Å². The molecule has 84 heavy (non-hydrogen) atoms. The number of ether oxygens (including phenoxy) is 4. The molecule has 6 aromatic rings. The molecule has 6 fully saturated rings. The fourth-order valence-corrected chi connectivity index (χ4v) is 14.0. The van der Waals surface area contributed by atoms with Crippen LogP contribution in [0.15, 0.2) is 82.3 Å². The van der Waals surface area contributed by atoms with Gasteiger partial charge < -0.3 is 38.4 Å². The lowest BCUT2D eigenvalue weighted by Crippen LogP contribution is -2.40. The summed E-state index contributed by atoms with van der Waals surface area (Å²) in [6.45, 7) is 4.50. The Balaban J connectivity index is 0.607. The van der Waals surface area contributed by atoms with Crippen LogP contribution in [-0.4, -0.2) is 75.3 Å². The molecule has 2 amide bonds. The van der Waals surface area contributed by atoms with E-state index >= 15 is 0 Å². The van der Waals surface area contributed by atoms with Crippen molar-refractivity contribution in [1.82, 2.24) is 40.5 Å². The minimum Gasteiger partial charge on any atom is -0.495 e. The maximum absolute atomic E-state index is 14.3. The largest absolute Gasteiger partial charge is 0.508 e. The second kappa shape index (κ2) is 26.0. The number of aryl methyl sites for hydroxylation is 2. The summed E-state index contributed by atoms with van der Waals surface area (Å²) in [5.74, 6) is 5.16. The van der Waals surface area contributed by atoms with Gasteiger partial charge in [0.15, 0.2) is 11.8 Å². The summed E-state index contributed by atoms with van der Waals surface area (Å²) in [4.78, 5) is 70.9. The Hall–Kier alpha value is -7.17. The first-order valence-electron chi connectivity index (χ1n) is 31.3. The molecular formula is C67H82N8O9. The van der Waals surface area contributed by atoms with Crippen LogP contribution in [0, 0.1) is 49.4 Å². The summed E-state index contributed by atoms with van der Waals surface area (Å²) in [5, 5.41) is 7.04. The molecule has 17 nitrogen and oxygen atoms in total. The molecule has 6 heterocycles. The number of hydrogen-bond acceptors (Lipinski definition) is 15. The number of methoxy groups -OCH3 is 2. The smallest absolute Gasteiger partial charge is 0.495 e. The summed E-state index contributed by atoms with van der Waals surface area (Å²) < 4.78 is 34.1. The predicted molar refractivity (Wildman–Crippen MR) is 314 cm³/mol. The first-order chi connectivity index (χ1) is 41.0. The van der Waals surface area contributed by atoms with E-state index in [0.29, 0.717) is 49.4 Å². The number of carbonyl (C=O) groups excluding carboxylic acids is 3. The van der Waals surface area contributed by atoms with Crippen molar-refractivity contribution in [2.24, 2.45) is 35.5 Å². The van der Waals surface area contributed by atoms with Crippen molar-refractivity contribution in [3.8, 4) is 34.0 Å². The molecule has 0 bridgehead atoms. The van der Waals surface area contributed by atoms with Crippen LogP contribution in [0.25, 0.3) is 22.5 Å². The van der Waals surface area contributed by atoms with Gasteiger partial charge in [0.2, 0.25) is 11.8 Å². The zero-order valence-electron chi connectivity index (χ0n) is 49.3. The fraction of sp³-hybridized carbons (Fsp3) is 0.567. The molecular weight excluding hydrogens is 1060 g/mol. The predicted octanol–water partition coefficient (Wildman–Crippen LogP) is 13.7. The number of pyridine rings is 4. The van der Waals surface area contributed by atoms with E-state index in [9.17, 15) is 14.4 Å². The van der Waals surface area contributed by atoms with Gasteiger partial charge in [-0.05, 0) is 214 Å². The number of carbonyl (C=O) groups is 3. The van der Waals surface area contributed by atoms with Gasteiger partial charge in [0.1, 0.15) is 35.4 Å². The van der Waals surface area contributed by atoms with E-state index in [0.717, 1.165) is 183 Å². The van der Waals surface area contributed by atoms with Crippen LogP contribution in [0.4, 0.5) is 4.79 Å². The average Bonchev–Trinajstić information content (AvgIpc) is 4.63. The van der Waals surface area contributed by atoms with Gasteiger partial charge in [-0.3, -0.25) is 29.5 Å². The number of rotatable bonds is 20. The molecule has 2 atom stereocenters. The van der Waals surface area contributed by atoms with E-state index in [2.05, 4.69) is 34.9 Å². The van der Waals surface area contributed by atoms with Crippen LogP contribution in [0.5, 0.6) is 11.5 Å².